The van der Waals surface area contributed by atoms with Crippen molar-refractivity contribution in [2.24, 2.45) is 0 Å². The van der Waals surface area contributed by atoms with Gasteiger partial charge in [0.2, 0.25) is 0 Å². The van der Waals surface area contributed by atoms with E-state index in [1.54, 1.807) is 12.4 Å². The van der Waals surface area contributed by atoms with Gasteiger partial charge in [0, 0.05) is 28.9 Å². The Morgan fingerprint density at radius 2 is 1.73 bits per heavy atom. The molecule has 0 amide bonds. The molecular weight excluding hydrogens is 412 g/mol. The van der Waals surface area contributed by atoms with Gasteiger partial charge in [0.1, 0.15) is 11.6 Å². The van der Waals surface area contributed by atoms with Crippen LogP contribution in [0.25, 0.3) is 27.9 Å². The van der Waals surface area contributed by atoms with E-state index in [-0.39, 0.29) is 16.8 Å². The Balaban J connectivity index is 1.33. The number of phenolic OH excluding ortho intramolecular Hbond substituents is 1. The molecule has 0 aliphatic carbocycles. The van der Waals surface area contributed by atoms with E-state index in [2.05, 4.69) is 53.5 Å². The lowest BCUT2D eigenvalue weighted by atomic mass is 9.79. The Bertz CT molecular complexity index is 1280. The molecule has 3 N–H and O–H groups in total. The third kappa shape index (κ3) is 4.54. The minimum absolute atomic E-state index is 0.0584. The number of benzene rings is 1. The van der Waals surface area contributed by atoms with Crippen LogP contribution >= 0.6 is 0 Å². The lowest BCUT2D eigenvalue weighted by Gasteiger charge is -2.46. The first-order valence-electron chi connectivity index (χ1n) is 11.3. The number of hydrogen-bond acceptors (Lipinski definition) is 6. The molecule has 1 saturated heterocycles. The van der Waals surface area contributed by atoms with E-state index in [1.165, 1.54) is 0 Å². The topological polar surface area (TPSA) is 87.4 Å². The van der Waals surface area contributed by atoms with Gasteiger partial charge in [-0.25, -0.2) is 4.98 Å². The summed E-state index contributed by atoms with van der Waals surface area (Å²) < 4.78 is 1.95. The number of piperidine rings is 1. The zero-order valence-electron chi connectivity index (χ0n) is 19.5. The van der Waals surface area contributed by atoms with Gasteiger partial charge in [0.05, 0.1) is 23.7 Å². The summed E-state index contributed by atoms with van der Waals surface area (Å²) in [4.78, 5) is 4.16. The van der Waals surface area contributed by atoms with Crippen LogP contribution in [0.15, 0.2) is 61.2 Å². The molecule has 1 fully saturated rings. The van der Waals surface area contributed by atoms with Crippen molar-refractivity contribution in [3.63, 3.8) is 0 Å². The first-order valence-corrected chi connectivity index (χ1v) is 11.3. The monoisotopic (exact) mass is 442 g/mol. The standard InChI is InChI=1S/C26H30N6O/c1-25(2)13-19(14-26(3,4)31-25)28-24-8-7-22(29-30-24)21-6-5-17(12-23(21)33)18-9-10-32-16-27-15-20(32)11-18/h5-12,15-16,19,31,33H,13-14H2,1-4H3,(H,28,30). The van der Waals surface area contributed by atoms with Crippen molar-refractivity contribution in [2.75, 3.05) is 5.32 Å². The van der Waals surface area contributed by atoms with E-state index in [4.69, 9.17) is 0 Å². The average molecular weight is 443 g/mol. The van der Waals surface area contributed by atoms with Crippen LogP contribution in [-0.2, 0) is 0 Å². The molecule has 0 atom stereocenters. The molecule has 0 spiro atoms. The zero-order valence-corrected chi connectivity index (χ0v) is 19.5. The smallest absolute Gasteiger partial charge is 0.148 e. The van der Waals surface area contributed by atoms with Crippen LogP contribution in [-0.4, -0.2) is 41.8 Å². The number of rotatable bonds is 4. The van der Waals surface area contributed by atoms with E-state index in [0.717, 1.165) is 35.3 Å². The predicted molar refractivity (Wildman–Crippen MR) is 131 cm³/mol. The van der Waals surface area contributed by atoms with Crippen LogP contribution in [0.1, 0.15) is 40.5 Å². The maximum Gasteiger partial charge on any atom is 0.148 e. The van der Waals surface area contributed by atoms with Gasteiger partial charge in [-0.05, 0) is 88.1 Å². The molecule has 170 valence electrons. The molecule has 0 unspecified atom stereocenters. The third-order valence-electron chi connectivity index (χ3n) is 6.23. The molecule has 0 radical (unpaired) electrons. The molecule has 1 aliphatic rings. The second-order valence-electron chi connectivity index (χ2n) is 10.3. The van der Waals surface area contributed by atoms with E-state index < -0.39 is 0 Å². The maximum atomic E-state index is 10.7. The number of aromatic hydroxyl groups is 1. The van der Waals surface area contributed by atoms with Crippen LogP contribution in [0, 0.1) is 0 Å². The summed E-state index contributed by atoms with van der Waals surface area (Å²) >= 11 is 0. The second kappa shape index (κ2) is 7.85. The Morgan fingerprint density at radius 1 is 0.970 bits per heavy atom. The van der Waals surface area contributed by atoms with Crippen LogP contribution in [0.4, 0.5) is 5.82 Å². The number of aromatic nitrogens is 4. The number of imidazole rings is 1. The molecule has 4 aromatic rings. The average Bonchev–Trinajstić information content (AvgIpc) is 3.20. The fourth-order valence-electron chi connectivity index (χ4n) is 5.21. The van der Waals surface area contributed by atoms with E-state index in [1.807, 2.05) is 53.2 Å². The lowest BCUT2D eigenvalue weighted by molar-refractivity contribution is 0.170. The van der Waals surface area contributed by atoms with Gasteiger partial charge in [-0.1, -0.05) is 6.07 Å². The van der Waals surface area contributed by atoms with Gasteiger partial charge in [0.15, 0.2) is 0 Å². The quantitative estimate of drug-likeness (QED) is 0.417. The van der Waals surface area contributed by atoms with Crippen LogP contribution < -0.4 is 10.6 Å². The normalized spacial score (nSPS) is 17.8. The zero-order chi connectivity index (χ0) is 23.2. The third-order valence-corrected chi connectivity index (χ3v) is 6.23. The van der Waals surface area contributed by atoms with Gasteiger partial charge in [-0.15, -0.1) is 10.2 Å². The van der Waals surface area contributed by atoms with Crippen molar-refractivity contribution in [1.29, 1.82) is 0 Å². The minimum atomic E-state index is 0.0584. The molecule has 1 aromatic carbocycles. The van der Waals surface area contributed by atoms with Gasteiger partial charge in [-0.2, -0.15) is 0 Å². The van der Waals surface area contributed by atoms with Crippen molar-refractivity contribution < 1.29 is 5.11 Å². The molecule has 7 heteroatoms. The summed E-state index contributed by atoms with van der Waals surface area (Å²) in [7, 11) is 0. The van der Waals surface area contributed by atoms with Gasteiger partial charge in [-0.3, -0.25) is 0 Å². The van der Waals surface area contributed by atoms with Crippen molar-refractivity contribution in [3.8, 4) is 28.1 Å². The number of pyridine rings is 1. The Hall–Kier alpha value is -3.45. The Morgan fingerprint density at radius 3 is 2.42 bits per heavy atom. The lowest BCUT2D eigenvalue weighted by Crippen LogP contribution is -2.60. The van der Waals surface area contributed by atoms with Gasteiger partial charge < -0.3 is 20.1 Å². The largest absolute Gasteiger partial charge is 0.507 e. The Kier molecular flexibility index (Phi) is 5.09. The summed E-state index contributed by atoms with van der Waals surface area (Å²) in [6.45, 7) is 8.93. The molecular formula is C26H30N6O. The van der Waals surface area contributed by atoms with Gasteiger partial charge >= 0.3 is 0 Å². The summed E-state index contributed by atoms with van der Waals surface area (Å²) in [5, 5.41) is 26.7. The molecule has 7 nitrogen and oxygen atoms in total. The first kappa shape index (κ1) is 21.4. The molecule has 4 heterocycles. The highest BCUT2D eigenvalue weighted by atomic mass is 16.3. The first-order chi connectivity index (χ1) is 15.7. The molecule has 3 aromatic heterocycles. The van der Waals surface area contributed by atoms with Crippen molar-refractivity contribution in [1.82, 2.24) is 24.9 Å². The summed E-state index contributed by atoms with van der Waals surface area (Å²) in [6.07, 6.45) is 7.56. The molecule has 5 rings (SSSR count). The van der Waals surface area contributed by atoms with Crippen LogP contribution in [0.3, 0.4) is 0 Å². The number of nitrogens with zero attached hydrogens (tertiary/aromatic N) is 4. The predicted octanol–water partition coefficient (Wildman–Crippen LogP) is 4.89. The fourth-order valence-corrected chi connectivity index (χ4v) is 5.21. The number of anilines is 1. The fraction of sp³-hybridized carbons (Fsp3) is 0.346. The van der Waals surface area contributed by atoms with Crippen LogP contribution in [0.2, 0.25) is 0 Å². The number of fused-ring (bicyclic) bond motifs is 1. The van der Waals surface area contributed by atoms with Gasteiger partial charge in [0.25, 0.3) is 0 Å². The number of nitrogens with one attached hydrogen (secondary N) is 2. The number of phenols is 1. The van der Waals surface area contributed by atoms with Crippen molar-refractivity contribution >= 4 is 11.3 Å². The molecule has 33 heavy (non-hydrogen) atoms. The summed E-state index contributed by atoms with van der Waals surface area (Å²) in [5.74, 6) is 0.931. The van der Waals surface area contributed by atoms with Crippen molar-refractivity contribution in [3.05, 3.63) is 61.2 Å². The molecule has 0 bridgehead atoms. The minimum Gasteiger partial charge on any atom is -0.507 e. The SMILES string of the molecule is CC1(C)CC(Nc2ccc(-c3ccc(-c4ccn5cncc5c4)cc3O)nn2)CC(C)(C)N1. The van der Waals surface area contributed by atoms with E-state index in [0.29, 0.717) is 17.3 Å². The highest BCUT2D eigenvalue weighted by Gasteiger charge is 2.37. The summed E-state index contributed by atoms with van der Waals surface area (Å²) in [6, 6.07) is 13.9. The van der Waals surface area contributed by atoms with E-state index in [9.17, 15) is 5.11 Å². The highest BCUT2D eigenvalue weighted by molar-refractivity contribution is 5.76. The Labute approximate surface area is 193 Å². The number of hydrogen-bond donors (Lipinski definition) is 3. The summed E-state index contributed by atoms with van der Waals surface area (Å²) in [5.41, 5.74) is 4.37. The molecule has 1 aliphatic heterocycles. The van der Waals surface area contributed by atoms with E-state index >= 15 is 0 Å². The molecule has 0 saturated carbocycles. The van der Waals surface area contributed by atoms with Crippen molar-refractivity contribution in [2.45, 2.75) is 57.7 Å². The van der Waals surface area contributed by atoms with Crippen LogP contribution in [0.5, 0.6) is 5.75 Å². The second-order valence-corrected chi connectivity index (χ2v) is 10.3. The highest BCUT2D eigenvalue weighted by Crippen LogP contribution is 2.34. The maximum absolute atomic E-state index is 10.7.